The molecular formula is C14H26N4O. The molecule has 1 rings (SSSR count). The summed E-state index contributed by atoms with van der Waals surface area (Å²) in [5, 5.41) is 3.32. The van der Waals surface area contributed by atoms with Crippen LogP contribution in [0.1, 0.15) is 33.0 Å². The lowest BCUT2D eigenvalue weighted by molar-refractivity contribution is 0.261. The minimum absolute atomic E-state index is 0.605. The Morgan fingerprint density at radius 1 is 1.37 bits per heavy atom. The smallest absolute Gasteiger partial charge is 0.218 e. The molecule has 0 aromatic carbocycles. The van der Waals surface area contributed by atoms with Gasteiger partial charge in [-0.3, -0.25) is 0 Å². The first-order valence-electron chi connectivity index (χ1n) is 6.99. The number of hydrogen-bond donors (Lipinski definition) is 1. The predicted octanol–water partition coefficient (Wildman–Crippen LogP) is 2.33. The third-order valence-electron chi connectivity index (χ3n) is 3.22. The molecule has 1 aromatic rings. The molecule has 0 saturated heterocycles. The van der Waals surface area contributed by atoms with Crippen molar-refractivity contribution >= 4 is 5.82 Å². The van der Waals surface area contributed by atoms with Crippen LogP contribution in [0, 0.1) is 6.92 Å². The molecule has 0 spiro atoms. The summed E-state index contributed by atoms with van der Waals surface area (Å²) in [6.07, 6.45) is 1.16. The number of ether oxygens (including phenoxy) is 1. The second-order valence-electron chi connectivity index (χ2n) is 4.74. The number of nitrogens with zero attached hydrogens (tertiary/aromatic N) is 3. The Balaban J connectivity index is 2.48. The van der Waals surface area contributed by atoms with E-state index in [0.29, 0.717) is 18.5 Å². The summed E-state index contributed by atoms with van der Waals surface area (Å²) >= 11 is 0. The van der Waals surface area contributed by atoms with E-state index >= 15 is 0 Å². The van der Waals surface area contributed by atoms with Gasteiger partial charge in [-0.25, -0.2) is 4.98 Å². The Morgan fingerprint density at radius 3 is 2.74 bits per heavy atom. The van der Waals surface area contributed by atoms with Gasteiger partial charge in [0.1, 0.15) is 11.6 Å². The van der Waals surface area contributed by atoms with Gasteiger partial charge in [0.05, 0.1) is 6.61 Å². The quantitative estimate of drug-likeness (QED) is 0.782. The third kappa shape index (κ3) is 5.42. The van der Waals surface area contributed by atoms with Crippen LogP contribution in [0.25, 0.3) is 0 Å². The molecule has 5 nitrogen and oxygen atoms in total. The van der Waals surface area contributed by atoms with Crippen molar-refractivity contribution in [2.24, 2.45) is 0 Å². The van der Waals surface area contributed by atoms with E-state index < -0.39 is 0 Å². The van der Waals surface area contributed by atoms with E-state index in [4.69, 9.17) is 4.74 Å². The molecule has 0 aliphatic heterocycles. The zero-order chi connectivity index (χ0) is 14.3. The topological polar surface area (TPSA) is 50.3 Å². The number of nitrogens with one attached hydrogen (secondary N) is 1. The largest absolute Gasteiger partial charge is 0.478 e. The second kappa shape index (κ2) is 7.94. The maximum atomic E-state index is 5.41. The van der Waals surface area contributed by atoms with Gasteiger partial charge in [-0.05, 0) is 34.2 Å². The average molecular weight is 266 g/mol. The van der Waals surface area contributed by atoms with Gasteiger partial charge >= 0.3 is 0 Å². The fourth-order valence-electron chi connectivity index (χ4n) is 1.75. The molecule has 0 amide bonds. The average Bonchev–Trinajstić information content (AvgIpc) is 2.37. The van der Waals surface area contributed by atoms with Crippen molar-refractivity contribution in [3.63, 3.8) is 0 Å². The summed E-state index contributed by atoms with van der Waals surface area (Å²) < 4.78 is 5.41. The van der Waals surface area contributed by atoms with Gasteiger partial charge in [-0.1, -0.05) is 6.92 Å². The highest BCUT2D eigenvalue weighted by molar-refractivity contribution is 5.38. The molecule has 0 radical (unpaired) electrons. The first-order valence-corrected chi connectivity index (χ1v) is 6.99. The van der Waals surface area contributed by atoms with Crippen molar-refractivity contribution in [2.75, 3.05) is 32.1 Å². The summed E-state index contributed by atoms with van der Waals surface area (Å²) in [4.78, 5) is 10.9. The van der Waals surface area contributed by atoms with E-state index in [1.165, 1.54) is 0 Å². The highest BCUT2D eigenvalue weighted by atomic mass is 16.5. The zero-order valence-corrected chi connectivity index (χ0v) is 12.7. The lowest BCUT2D eigenvalue weighted by Crippen LogP contribution is -2.32. The summed E-state index contributed by atoms with van der Waals surface area (Å²) in [5.74, 6) is 2.19. The molecule has 1 aromatic heterocycles. The van der Waals surface area contributed by atoms with Crippen molar-refractivity contribution in [2.45, 2.75) is 40.2 Å². The molecule has 0 bridgehead atoms. The Bertz CT molecular complexity index is 384. The van der Waals surface area contributed by atoms with E-state index in [0.717, 1.165) is 31.2 Å². The molecule has 1 heterocycles. The monoisotopic (exact) mass is 266 g/mol. The van der Waals surface area contributed by atoms with Crippen LogP contribution in [-0.2, 0) is 0 Å². The predicted molar refractivity (Wildman–Crippen MR) is 78.8 cm³/mol. The molecule has 0 fully saturated rings. The van der Waals surface area contributed by atoms with Crippen molar-refractivity contribution in [1.29, 1.82) is 0 Å². The van der Waals surface area contributed by atoms with Crippen LogP contribution in [-0.4, -0.2) is 47.7 Å². The van der Waals surface area contributed by atoms with Crippen LogP contribution in [0.2, 0.25) is 0 Å². The number of hydrogen-bond acceptors (Lipinski definition) is 5. The molecule has 1 atom stereocenters. The van der Waals surface area contributed by atoms with Crippen molar-refractivity contribution in [3.05, 3.63) is 11.9 Å². The zero-order valence-electron chi connectivity index (χ0n) is 12.7. The molecular weight excluding hydrogens is 240 g/mol. The van der Waals surface area contributed by atoms with Crippen LogP contribution in [0.5, 0.6) is 5.88 Å². The molecule has 1 N–H and O–H groups in total. The number of rotatable bonds is 8. The number of anilines is 1. The van der Waals surface area contributed by atoms with E-state index in [1.54, 1.807) is 0 Å². The van der Waals surface area contributed by atoms with Gasteiger partial charge in [-0.15, -0.1) is 0 Å². The molecule has 5 heteroatoms. The van der Waals surface area contributed by atoms with Gasteiger partial charge in [-0.2, -0.15) is 4.98 Å². The van der Waals surface area contributed by atoms with E-state index in [2.05, 4.69) is 41.1 Å². The van der Waals surface area contributed by atoms with E-state index in [1.807, 2.05) is 19.9 Å². The summed E-state index contributed by atoms with van der Waals surface area (Å²) in [5.41, 5.74) is 0. The first-order chi connectivity index (χ1) is 9.06. The molecule has 0 saturated carbocycles. The molecule has 19 heavy (non-hydrogen) atoms. The molecule has 0 aliphatic carbocycles. The van der Waals surface area contributed by atoms with Gasteiger partial charge in [0.25, 0.3) is 0 Å². The standard InChI is InChI=1S/C14H26N4O/c1-6-11(3)18(5)9-8-15-13-10-14(19-7-2)17-12(4)16-13/h10-11H,6-9H2,1-5H3,(H,15,16,17). The third-order valence-corrected chi connectivity index (χ3v) is 3.22. The van der Waals surface area contributed by atoms with Crippen LogP contribution in [0.4, 0.5) is 5.82 Å². The van der Waals surface area contributed by atoms with Crippen molar-refractivity contribution < 1.29 is 4.74 Å². The summed E-state index contributed by atoms with van der Waals surface area (Å²) in [6, 6.07) is 2.45. The summed E-state index contributed by atoms with van der Waals surface area (Å²) in [7, 11) is 2.15. The number of aromatic nitrogens is 2. The Hall–Kier alpha value is -1.36. The highest BCUT2D eigenvalue weighted by Gasteiger charge is 2.06. The molecule has 108 valence electrons. The van der Waals surface area contributed by atoms with Gasteiger partial charge in [0, 0.05) is 25.2 Å². The highest BCUT2D eigenvalue weighted by Crippen LogP contribution is 2.13. The summed E-state index contributed by atoms with van der Waals surface area (Å²) in [6.45, 7) is 10.7. The minimum atomic E-state index is 0.605. The second-order valence-corrected chi connectivity index (χ2v) is 4.74. The van der Waals surface area contributed by atoms with E-state index in [-0.39, 0.29) is 0 Å². The van der Waals surface area contributed by atoms with Gasteiger partial charge in [0.2, 0.25) is 5.88 Å². The molecule has 0 aliphatic rings. The lowest BCUT2D eigenvalue weighted by atomic mass is 10.2. The fraction of sp³-hybridized carbons (Fsp3) is 0.714. The van der Waals surface area contributed by atoms with Crippen molar-refractivity contribution in [3.8, 4) is 5.88 Å². The Labute approximate surface area is 116 Å². The maximum Gasteiger partial charge on any atom is 0.218 e. The maximum absolute atomic E-state index is 5.41. The van der Waals surface area contributed by atoms with Crippen LogP contribution in [0.15, 0.2) is 6.07 Å². The first kappa shape index (κ1) is 15.7. The Kier molecular flexibility index (Phi) is 6.56. The van der Waals surface area contributed by atoms with Gasteiger partial charge < -0.3 is 15.0 Å². The number of aryl methyl sites for hydroxylation is 1. The van der Waals surface area contributed by atoms with Crippen LogP contribution >= 0.6 is 0 Å². The van der Waals surface area contributed by atoms with Crippen LogP contribution < -0.4 is 10.1 Å². The molecule has 1 unspecified atom stereocenters. The minimum Gasteiger partial charge on any atom is -0.478 e. The normalized spacial score (nSPS) is 12.5. The van der Waals surface area contributed by atoms with Crippen molar-refractivity contribution in [1.82, 2.24) is 14.9 Å². The Morgan fingerprint density at radius 2 is 2.11 bits per heavy atom. The lowest BCUT2D eigenvalue weighted by Gasteiger charge is -2.23. The fourth-order valence-corrected chi connectivity index (χ4v) is 1.75. The number of likely N-dealkylation sites (N-methyl/N-ethyl adjacent to an activating group) is 1. The van der Waals surface area contributed by atoms with Crippen LogP contribution in [0.3, 0.4) is 0 Å². The SMILES string of the molecule is CCOc1cc(NCCN(C)C(C)CC)nc(C)n1. The van der Waals surface area contributed by atoms with Gasteiger partial charge in [0.15, 0.2) is 0 Å². The van der Waals surface area contributed by atoms with E-state index in [9.17, 15) is 0 Å².